The van der Waals surface area contributed by atoms with Crippen LogP contribution in [0.4, 0.5) is 15.3 Å². The Kier molecular flexibility index (Phi) is 12.1. The van der Waals surface area contributed by atoms with E-state index in [9.17, 15) is 22.8 Å². The Bertz CT molecular complexity index is 1200. The number of carbonyl (C=O) groups excluding carboxylic acids is 3. The van der Waals surface area contributed by atoms with E-state index in [0.29, 0.717) is 24.2 Å². The molecule has 15 heteroatoms. The summed E-state index contributed by atoms with van der Waals surface area (Å²) in [7, 11) is -3.61. The van der Waals surface area contributed by atoms with Gasteiger partial charge in [0.25, 0.3) is 0 Å². The molecule has 0 bridgehead atoms. The number of hydrogen-bond acceptors (Lipinski definition) is 7. The van der Waals surface area contributed by atoms with Gasteiger partial charge in [-0.1, -0.05) is 19.3 Å². The fraction of sp³-hybridized carbons (Fsp3) is 0.560. The normalized spacial score (nSPS) is 13.9. The molecule has 0 atom stereocenters. The number of pyridine rings is 1. The maximum Gasteiger partial charge on any atom is 0.322 e. The van der Waals surface area contributed by atoms with E-state index >= 15 is 0 Å². The fourth-order valence-corrected chi connectivity index (χ4v) is 5.59. The fourth-order valence-electron chi connectivity index (χ4n) is 4.52. The van der Waals surface area contributed by atoms with Gasteiger partial charge in [0.1, 0.15) is 0 Å². The van der Waals surface area contributed by atoms with Crippen LogP contribution in [0.1, 0.15) is 56.2 Å². The second-order valence-corrected chi connectivity index (χ2v) is 11.6. The first-order chi connectivity index (χ1) is 19.2. The van der Waals surface area contributed by atoms with Crippen LogP contribution < -0.4 is 26.4 Å². The number of nitrogens with zero attached hydrogens (tertiary/aromatic N) is 3. The van der Waals surface area contributed by atoms with Gasteiger partial charge in [0.2, 0.25) is 15.9 Å². The van der Waals surface area contributed by atoms with E-state index in [1.165, 1.54) is 6.20 Å². The van der Waals surface area contributed by atoms with Crippen molar-refractivity contribution in [1.29, 1.82) is 0 Å². The summed E-state index contributed by atoms with van der Waals surface area (Å²) in [5.41, 5.74) is 7.12. The number of hydrogen-bond donors (Lipinski definition) is 6. The van der Waals surface area contributed by atoms with E-state index in [1.54, 1.807) is 23.4 Å². The highest BCUT2D eigenvalue weighted by Gasteiger charge is 2.26. The third-order valence-corrected chi connectivity index (χ3v) is 8.08. The molecule has 1 fully saturated rings. The first-order valence-corrected chi connectivity index (χ1v) is 15.1. The van der Waals surface area contributed by atoms with Crippen molar-refractivity contribution in [3.8, 4) is 0 Å². The van der Waals surface area contributed by atoms with Crippen LogP contribution in [0, 0.1) is 0 Å². The summed E-state index contributed by atoms with van der Waals surface area (Å²) >= 11 is 0. The molecule has 5 amide bonds. The van der Waals surface area contributed by atoms with Crippen molar-refractivity contribution in [3.63, 3.8) is 0 Å². The number of nitrogens with two attached hydrogens (primary N) is 1. The van der Waals surface area contributed by atoms with Crippen molar-refractivity contribution < 1.29 is 22.8 Å². The van der Waals surface area contributed by atoms with Crippen LogP contribution in [-0.4, -0.2) is 77.9 Å². The quantitative estimate of drug-likeness (QED) is 0.182. The molecule has 220 valence electrons. The summed E-state index contributed by atoms with van der Waals surface area (Å²) in [5.74, 6) is -0.765. The number of primary amides is 1. The molecule has 40 heavy (non-hydrogen) atoms. The maximum absolute atomic E-state index is 13.4. The number of H-pyrrole nitrogens is 1. The number of aromatic amines is 1. The molecule has 1 aliphatic carbocycles. The van der Waals surface area contributed by atoms with Crippen molar-refractivity contribution >= 4 is 33.7 Å². The van der Waals surface area contributed by atoms with Gasteiger partial charge in [0.05, 0.1) is 17.6 Å². The van der Waals surface area contributed by atoms with Crippen LogP contribution in [-0.2, 0) is 27.8 Å². The Hall–Kier alpha value is -3.72. The molecule has 14 nitrogen and oxygen atoms in total. The Labute approximate surface area is 234 Å². The number of anilines is 1. The summed E-state index contributed by atoms with van der Waals surface area (Å²) < 4.78 is 26.9. The minimum Gasteiger partial charge on any atom is -0.370 e. The highest BCUT2D eigenvalue weighted by Crippen LogP contribution is 2.24. The van der Waals surface area contributed by atoms with E-state index in [1.807, 2.05) is 6.07 Å². The molecule has 0 saturated heterocycles. The average Bonchev–Trinajstić information content (AvgIpc) is 3.44. The van der Waals surface area contributed by atoms with E-state index in [-0.39, 0.29) is 56.3 Å². The topological polar surface area (TPSA) is 204 Å². The van der Waals surface area contributed by atoms with Crippen molar-refractivity contribution in [3.05, 3.63) is 42.0 Å². The molecular formula is C25H39N9O5S. The van der Waals surface area contributed by atoms with E-state index in [0.717, 1.165) is 37.8 Å². The monoisotopic (exact) mass is 577 g/mol. The number of carbonyl (C=O) groups is 3. The molecule has 1 aliphatic rings. The molecule has 1 saturated carbocycles. The molecule has 3 rings (SSSR count). The van der Waals surface area contributed by atoms with Crippen LogP contribution in [0.2, 0.25) is 0 Å². The molecule has 0 radical (unpaired) electrons. The lowest BCUT2D eigenvalue weighted by molar-refractivity contribution is -0.117. The largest absolute Gasteiger partial charge is 0.370 e. The van der Waals surface area contributed by atoms with Crippen LogP contribution in [0.25, 0.3) is 0 Å². The van der Waals surface area contributed by atoms with E-state index < -0.39 is 15.9 Å². The predicted octanol–water partition coefficient (Wildman–Crippen LogP) is 1.20. The lowest BCUT2D eigenvalue weighted by Crippen LogP contribution is -2.45. The van der Waals surface area contributed by atoms with Crippen LogP contribution in [0.3, 0.4) is 0 Å². The molecule has 0 unspecified atom stereocenters. The molecular weight excluding hydrogens is 538 g/mol. The van der Waals surface area contributed by atoms with Crippen molar-refractivity contribution in [1.82, 2.24) is 35.4 Å². The third-order valence-electron chi connectivity index (χ3n) is 6.61. The summed E-state index contributed by atoms with van der Waals surface area (Å²) in [6, 6.07) is 2.87. The van der Waals surface area contributed by atoms with Crippen molar-refractivity contribution in [2.45, 2.75) is 64.0 Å². The number of aromatic nitrogens is 3. The van der Waals surface area contributed by atoms with Crippen LogP contribution in [0.5, 0.6) is 0 Å². The van der Waals surface area contributed by atoms with Gasteiger partial charge < -0.3 is 26.6 Å². The zero-order valence-corrected chi connectivity index (χ0v) is 23.3. The number of nitrogens with one attached hydrogen (secondary N) is 5. The maximum atomic E-state index is 13.4. The predicted molar refractivity (Wildman–Crippen MR) is 150 cm³/mol. The van der Waals surface area contributed by atoms with Gasteiger partial charge in [-0.2, -0.15) is 5.10 Å². The Balaban J connectivity index is 1.55. The summed E-state index contributed by atoms with van der Waals surface area (Å²) in [6.07, 6.45) is 10.3. The zero-order valence-electron chi connectivity index (χ0n) is 22.5. The molecule has 0 spiro atoms. The smallest absolute Gasteiger partial charge is 0.322 e. The third kappa shape index (κ3) is 10.8. The van der Waals surface area contributed by atoms with Gasteiger partial charge in [0, 0.05) is 63.2 Å². The number of urea groups is 2. The SMILES string of the molecule is NC(=O)CCNS(=O)(=O)CCCN(C(=O)Nc1cnccc1CNC(=O)NCCc1ccn[nH]1)C1CCCCC1. The average molecular weight is 578 g/mol. The minimum atomic E-state index is -3.61. The van der Waals surface area contributed by atoms with E-state index in [2.05, 4.69) is 35.9 Å². The van der Waals surface area contributed by atoms with Crippen molar-refractivity contribution in [2.24, 2.45) is 5.73 Å². The second-order valence-electron chi connectivity index (χ2n) is 9.67. The molecule has 7 N–H and O–H groups in total. The Morgan fingerprint density at radius 2 is 1.88 bits per heavy atom. The first kappa shape index (κ1) is 30.8. The van der Waals surface area contributed by atoms with Gasteiger partial charge in [0.15, 0.2) is 0 Å². The van der Waals surface area contributed by atoms with Crippen molar-refractivity contribution in [2.75, 3.05) is 30.7 Å². The molecule has 0 aromatic carbocycles. The van der Waals surface area contributed by atoms with Gasteiger partial charge >= 0.3 is 12.1 Å². The second kappa shape index (κ2) is 15.8. The highest BCUT2D eigenvalue weighted by molar-refractivity contribution is 7.89. The van der Waals surface area contributed by atoms with Gasteiger partial charge in [-0.3, -0.25) is 14.9 Å². The van der Waals surface area contributed by atoms with Gasteiger partial charge in [-0.25, -0.2) is 22.7 Å². The summed E-state index contributed by atoms with van der Waals surface area (Å²) in [4.78, 5) is 42.4. The molecule has 2 heterocycles. The van der Waals surface area contributed by atoms with Gasteiger partial charge in [-0.15, -0.1) is 0 Å². The van der Waals surface area contributed by atoms with Gasteiger partial charge in [-0.05, 0) is 37.0 Å². The Morgan fingerprint density at radius 1 is 1.07 bits per heavy atom. The van der Waals surface area contributed by atoms with Crippen LogP contribution in [0.15, 0.2) is 30.7 Å². The molecule has 0 aliphatic heterocycles. The highest BCUT2D eigenvalue weighted by atomic mass is 32.2. The Morgan fingerprint density at radius 3 is 2.60 bits per heavy atom. The number of rotatable bonds is 15. The molecule has 2 aromatic heterocycles. The number of sulfonamides is 1. The minimum absolute atomic E-state index is 0.00169. The summed E-state index contributed by atoms with van der Waals surface area (Å²) in [6.45, 7) is 0.803. The van der Waals surface area contributed by atoms with E-state index in [4.69, 9.17) is 5.73 Å². The lowest BCUT2D eigenvalue weighted by atomic mass is 9.94. The standard InChI is InChI=1S/C25H39N9O5S/c26-23(35)10-14-31-40(38,39)16-4-15-34(21-5-2-1-3-6-21)25(37)32-22-18-27-11-7-19(22)17-29-24(36)28-12-8-20-9-13-30-33-20/h7,9,11,13,18,21,31H,1-6,8,10,12,14-17H2,(H2,26,35)(H,30,33)(H,32,37)(H2,28,29,36). The first-order valence-electron chi connectivity index (χ1n) is 13.5. The van der Waals surface area contributed by atoms with Crippen LogP contribution >= 0.6 is 0 Å². The number of amides is 5. The summed E-state index contributed by atoms with van der Waals surface area (Å²) in [5, 5.41) is 15.2. The zero-order chi connectivity index (χ0) is 28.8. The lowest BCUT2D eigenvalue weighted by Gasteiger charge is -2.34. The molecule has 2 aromatic rings.